The zero-order valence-corrected chi connectivity index (χ0v) is 11.5. The third-order valence-electron chi connectivity index (χ3n) is 3.60. The lowest BCUT2D eigenvalue weighted by atomic mass is 9.92. The number of benzene rings is 1. The minimum atomic E-state index is 0.392. The van der Waals surface area contributed by atoms with Gasteiger partial charge in [-0.25, -0.2) is 0 Å². The van der Waals surface area contributed by atoms with Crippen molar-refractivity contribution in [2.45, 2.75) is 44.3 Å². The quantitative estimate of drug-likeness (QED) is 0.883. The molecule has 3 nitrogen and oxygen atoms in total. The van der Waals surface area contributed by atoms with Crippen LogP contribution in [0.5, 0.6) is 5.75 Å². The van der Waals surface area contributed by atoms with Gasteiger partial charge >= 0.3 is 0 Å². The van der Waals surface area contributed by atoms with Crippen LogP contribution in [-0.2, 0) is 6.54 Å². The molecule has 1 aliphatic rings. The summed E-state index contributed by atoms with van der Waals surface area (Å²) in [7, 11) is 1.69. The fourth-order valence-corrected chi connectivity index (χ4v) is 2.66. The van der Waals surface area contributed by atoms with Crippen LogP contribution in [0.1, 0.15) is 31.2 Å². The number of halogens is 1. The second-order valence-electron chi connectivity index (χ2n) is 4.95. The molecule has 0 unspecified atom stereocenters. The SMILES string of the molecule is COc1ccc(Cl)cc1CNC1CCC(N)CC1. The van der Waals surface area contributed by atoms with Gasteiger partial charge in [0.15, 0.2) is 0 Å². The van der Waals surface area contributed by atoms with Gasteiger partial charge in [0.2, 0.25) is 0 Å². The van der Waals surface area contributed by atoms with Crippen LogP contribution in [0.15, 0.2) is 18.2 Å². The second-order valence-corrected chi connectivity index (χ2v) is 5.39. The highest BCUT2D eigenvalue weighted by molar-refractivity contribution is 6.30. The lowest BCUT2D eigenvalue weighted by Gasteiger charge is -2.27. The molecule has 0 aromatic heterocycles. The van der Waals surface area contributed by atoms with E-state index in [-0.39, 0.29) is 0 Å². The van der Waals surface area contributed by atoms with E-state index in [1.54, 1.807) is 7.11 Å². The van der Waals surface area contributed by atoms with E-state index in [0.717, 1.165) is 48.6 Å². The Bertz CT molecular complexity index is 389. The molecular weight excluding hydrogens is 248 g/mol. The molecule has 1 aromatic carbocycles. The van der Waals surface area contributed by atoms with Crippen LogP contribution < -0.4 is 15.8 Å². The van der Waals surface area contributed by atoms with Gasteiger partial charge in [-0.2, -0.15) is 0 Å². The fourth-order valence-electron chi connectivity index (χ4n) is 2.46. The standard InChI is InChI=1S/C14H21ClN2O/c1-18-14-7-2-11(15)8-10(14)9-17-13-5-3-12(16)4-6-13/h2,7-8,12-13,17H,3-6,9,16H2,1H3. The molecule has 4 heteroatoms. The summed E-state index contributed by atoms with van der Waals surface area (Å²) in [5, 5.41) is 4.31. The number of hydrogen-bond donors (Lipinski definition) is 2. The van der Waals surface area contributed by atoms with Crippen LogP contribution in [0.2, 0.25) is 5.02 Å². The Hall–Kier alpha value is -0.770. The van der Waals surface area contributed by atoms with Gasteiger partial charge in [-0.3, -0.25) is 0 Å². The molecule has 0 radical (unpaired) electrons. The highest BCUT2D eigenvalue weighted by atomic mass is 35.5. The van der Waals surface area contributed by atoms with Gasteiger partial charge in [0.25, 0.3) is 0 Å². The van der Waals surface area contributed by atoms with E-state index in [2.05, 4.69) is 5.32 Å². The second kappa shape index (κ2) is 6.41. The maximum atomic E-state index is 6.01. The topological polar surface area (TPSA) is 47.3 Å². The third kappa shape index (κ3) is 3.61. The number of hydrogen-bond acceptors (Lipinski definition) is 3. The van der Waals surface area contributed by atoms with E-state index >= 15 is 0 Å². The average Bonchev–Trinajstić information content (AvgIpc) is 2.38. The lowest BCUT2D eigenvalue weighted by Crippen LogP contribution is -2.37. The number of ether oxygens (including phenoxy) is 1. The maximum absolute atomic E-state index is 6.01. The molecule has 0 saturated heterocycles. The summed E-state index contributed by atoms with van der Waals surface area (Å²) in [5.74, 6) is 0.888. The van der Waals surface area contributed by atoms with Crippen molar-refractivity contribution in [1.82, 2.24) is 5.32 Å². The van der Waals surface area contributed by atoms with Crippen molar-refractivity contribution in [3.63, 3.8) is 0 Å². The lowest BCUT2D eigenvalue weighted by molar-refractivity contribution is 0.338. The average molecular weight is 269 g/mol. The highest BCUT2D eigenvalue weighted by Crippen LogP contribution is 2.23. The Morgan fingerprint density at radius 2 is 2.06 bits per heavy atom. The molecule has 0 amide bonds. The molecule has 2 rings (SSSR count). The van der Waals surface area contributed by atoms with Gasteiger partial charge in [-0.1, -0.05) is 11.6 Å². The number of methoxy groups -OCH3 is 1. The molecule has 1 aliphatic carbocycles. The zero-order valence-electron chi connectivity index (χ0n) is 10.8. The van der Waals surface area contributed by atoms with Gasteiger partial charge in [-0.15, -0.1) is 0 Å². The Balaban J connectivity index is 1.91. The van der Waals surface area contributed by atoms with E-state index in [9.17, 15) is 0 Å². The summed E-state index contributed by atoms with van der Waals surface area (Å²) < 4.78 is 5.34. The predicted octanol–water partition coefficient (Wildman–Crippen LogP) is 2.71. The Morgan fingerprint density at radius 1 is 1.33 bits per heavy atom. The molecule has 0 heterocycles. The Morgan fingerprint density at radius 3 is 2.72 bits per heavy atom. The first kappa shape index (κ1) is 13.7. The smallest absolute Gasteiger partial charge is 0.123 e. The van der Waals surface area contributed by atoms with E-state index in [1.807, 2.05) is 18.2 Å². The van der Waals surface area contributed by atoms with Gasteiger partial charge in [-0.05, 0) is 43.9 Å². The molecule has 0 atom stereocenters. The van der Waals surface area contributed by atoms with E-state index in [4.69, 9.17) is 22.1 Å². The zero-order chi connectivity index (χ0) is 13.0. The van der Waals surface area contributed by atoms with Crippen molar-refractivity contribution in [2.24, 2.45) is 5.73 Å². The highest BCUT2D eigenvalue weighted by Gasteiger charge is 2.18. The Kier molecular flexibility index (Phi) is 4.87. The van der Waals surface area contributed by atoms with Gasteiger partial charge < -0.3 is 15.8 Å². The summed E-state index contributed by atoms with van der Waals surface area (Å²) in [6.45, 7) is 0.795. The molecule has 3 N–H and O–H groups in total. The molecule has 1 aromatic rings. The van der Waals surface area contributed by atoms with Gasteiger partial charge in [0, 0.05) is 29.2 Å². The van der Waals surface area contributed by atoms with Crippen LogP contribution >= 0.6 is 11.6 Å². The molecule has 0 aliphatic heterocycles. The normalized spacial score (nSPS) is 23.9. The molecule has 1 saturated carbocycles. The van der Waals surface area contributed by atoms with Crippen molar-refractivity contribution < 1.29 is 4.74 Å². The van der Waals surface area contributed by atoms with Crippen molar-refractivity contribution in [3.05, 3.63) is 28.8 Å². The van der Waals surface area contributed by atoms with E-state index in [0.29, 0.717) is 12.1 Å². The van der Waals surface area contributed by atoms with Crippen LogP contribution in [0.4, 0.5) is 0 Å². The van der Waals surface area contributed by atoms with Crippen molar-refractivity contribution in [1.29, 1.82) is 0 Å². The summed E-state index contributed by atoms with van der Waals surface area (Å²) >= 11 is 6.01. The summed E-state index contributed by atoms with van der Waals surface area (Å²) in [6, 6.07) is 6.68. The Labute approximate surface area is 114 Å². The maximum Gasteiger partial charge on any atom is 0.123 e. The first-order valence-corrected chi connectivity index (χ1v) is 6.88. The first-order chi connectivity index (χ1) is 8.69. The fraction of sp³-hybridized carbons (Fsp3) is 0.571. The van der Waals surface area contributed by atoms with Crippen molar-refractivity contribution in [2.75, 3.05) is 7.11 Å². The van der Waals surface area contributed by atoms with E-state index in [1.165, 1.54) is 0 Å². The van der Waals surface area contributed by atoms with Crippen LogP contribution in [0.25, 0.3) is 0 Å². The van der Waals surface area contributed by atoms with Crippen LogP contribution in [0.3, 0.4) is 0 Å². The summed E-state index contributed by atoms with van der Waals surface area (Å²) in [4.78, 5) is 0. The summed E-state index contributed by atoms with van der Waals surface area (Å²) in [6.07, 6.45) is 4.54. The largest absolute Gasteiger partial charge is 0.496 e. The van der Waals surface area contributed by atoms with Gasteiger partial charge in [0.1, 0.15) is 5.75 Å². The molecule has 18 heavy (non-hydrogen) atoms. The summed E-state index contributed by atoms with van der Waals surface area (Å²) in [5.41, 5.74) is 7.02. The number of nitrogens with two attached hydrogens (primary N) is 1. The third-order valence-corrected chi connectivity index (χ3v) is 3.83. The van der Waals surface area contributed by atoms with Crippen LogP contribution in [-0.4, -0.2) is 19.2 Å². The molecular formula is C14H21ClN2O. The number of rotatable bonds is 4. The van der Waals surface area contributed by atoms with Gasteiger partial charge in [0.05, 0.1) is 7.11 Å². The predicted molar refractivity (Wildman–Crippen MR) is 75.1 cm³/mol. The first-order valence-electron chi connectivity index (χ1n) is 6.50. The molecule has 1 fully saturated rings. The monoisotopic (exact) mass is 268 g/mol. The van der Waals surface area contributed by atoms with E-state index < -0.39 is 0 Å². The van der Waals surface area contributed by atoms with Crippen LogP contribution in [0, 0.1) is 0 Å². The molecule has 0 spiro atoms. The molecule has 100 valence electrons. The number of nitrogens with one attached hydrogen (secondary N) is 1. The molecule has 0 bridgehead atoms. The minimum Gasteiger partial charge on any atom is -0.496 e. The van der Waals surface area contributed by atoms with Crippen molar-refractivity contribution >= 4 is 11.6 Å². The van der Waals surface area contributed by atoms with Crippen molar-refractivity contribution in [3.8, 4) is 5.75 Å². The minimum absolute atomic E-state index is 0.392.